The van der Waals surface area contributed by atoms with E-state index in [4.69, 9.17) is 16.3 Å². The molecule has 0 spiro atoms. The number of pyridine rings is 1. The first-order valence-corrected chi connectivity index (χ1v) is 5.51. The van der Waals surface area contributed by atoms with Crippen molar-refractivity contribution in [2.45, 2.75) is 6.92 Å². The molecule has 1 aromatic carbocycles. The van der Waals surface area contributed by atoms with Gasteiger partial charge in [-0.05, 0) is 31.2 Å². The lowest BCUT2D eigenvalue weighted by Crippen LogP contribution is -1.99. The second-order valence-corrected chi connectivity index (χ2v) is 3.78. The second kappa shape index (κ2) is 4.58. The fourth-order valence-corrected chi connectivity index (χ4v) is 1.82. The molecule has 2 rings (SSSR count). The number of hydrogen-bond donors (Lipinski definition) is 1. The Labute approximate surface area is 99.4 Å². The van der Waals surface area contributed by atoms with Crippen LogP contribution >= 0.6 is 11.6 Å². The van der Waals surface area contributed by atoms with E-state index in [1.165, 1.54) is 0 Å². The Morgan fingerprint density at radius 3 is 2.81 bits per heavy atom. The van der Waals surface area contributed by atoms with Crippen molar-refractivity contribution in [1.82, 2.24) is 4.98 Å². The van der Waals surface area contributed by atoms with E-state index < -0.39 is 0 Å². The zero-order chi connectivity index (χ0) is 11.5. The van der Waals surface area contributed by atoms with E-state index >= 15 is 0 Å². The van der Waals surface area contributed by atoms with Crippen LogP contribution in [-0.2, 0) is 0 Å². The van der Waals surface area contributed by atoms with Crippen LogP contribution in [0.5, 0.6) is 5.75 Å². The number of ether oxygens (including phenoxy) is 1. The molecule has 16 heavy (non-hydrogen) atoms. The Morgan fingerprint density at radius 1 is 1.31 bits per heavy atom. The molecule has 1 aromatic heterocycles. The zero-order valence-corrected chi connectivity index (χ0v) is 10.0. The van der Waals surface area contributed by atoms with Crippen molar-refractivity contribution in [2.75, 3.05) is 19.0 Å². The fourth-order valence-electron chi connectivity index (χ4n) is 1.60. The first-order chi connectivity index (χ1) is 7.76. The third-order valence-corrected chi connectivity index (χ3v) is 2.67. The summed E-state index contributed by atoms with van der Waals surface area (Å²) in [5, 5.41) is 4.75. The minimum atomic E-state index is 0.686. The van der Waals surface area contributed by atoms with Gasteiger partial charge in [0, 0.05) is 11.9 Å². The summed E-state index contributed by atoms with van der Waals surface area (Å²) in [5.74, 6) is 1.56. The summed E-state index contributed by atoms with van der Waals surface area (Å²) in [6, 6.07) is 7.51. The molecule has 1 N–H and O–H groups in total. The van der Waals surface area contributed by atoms with E-state index in [1.807, 2.05) is 31.2 Å². The van der Waals surface area contributed by atoms with Crippen molar-refractivity contribution in [3.63, 3.8) is 0 Å². The molecular weight excluding hydrogens is 224 g/mol. The average molecular weight is 237 g/mol. The van der Waals surface area contributed by atoms with Crippen molar-refractivity contribution in [1.29, 1.82) is 0 Å². The number of benzene rings is 1. The van der Waals surface area contributed by atoms with Crippen molar-refractivity contribution < 1.29 is 4.74 Å². The van der Waals surface area contributed by atoms with Crippen LogP contribution in [0.15, 0.2) is 24.3 Å². The van der Waals surface area contributed by atoms with E-state index in [-0.39, 0.29) is 0 Å². The Kier molecular flexibility index (Phi) is 3.15. The summed E-state index contributed by atoms with van der Waals surface area (Å²) in [7, 11) is 1.63. The lowest BCUT2D eigenvalue weighted by atomic mass is 10.2. The molecular formula is C12H13ClN2O. The van der Waals surface area contributed by atoms with Gasteiger partial charge in [0.2, 0.25) is 0 Å². The topological polar surface area (TPSA) is 34.1 Å². The van der Waals surface area contributed by atoms with E-state index in [2.05, 4.69) is 10.3 Å². The summed E-state index contributed by atoms with van der Waals surface area (Å²) >= 11 is 6.10. The van der Waals surface area contributed by atoms with Gasteiger partial charge in [-0.3, -0.25) is 0 Å². The standard InChI is InChI=1S/C12H13ClN2O/c1-3-14-11-7-4-8-9(13)5-6-10(16-2)12(8)15-11/h4-7H,3H2,1-2H3,(H,14,15). The molecule has 0 saturated heterocycles. The highest BCUT2D eigenvalue weighted by Crippen LogP contribution is 2.30. The SMILES string of the molecule is CCNc1ccc2c(Cl)ccc(OC)c2n1. The number of methoxy groups -OCH3 is 1. The lowest BCUT2D eigenvalue weighted by molar-refractivity contribution is 0.419. The summed E-state index contributed by atoms with van der Waals surface area (Å²) < 4.78 is 5.27. The van der Waals surface area contributed by atoms with Crippen molar-refractivity contribution in [3.05, 3.63) is 29.3 Å². The molecule has 0 bridgehead atoms. The molecule has 0 unspecified atom stereocenters. The van der Waals surface area contributed by atoms with Gasteiger partial charge in [-0.2, -0.15) is 0 Å². The lowest BCUT2D eigenvalue weighted by Gasteiger charge is -2.08. The van der Waals surface area contributed by atoms with Crippen molar-refractivity contribution >= 4 is 28.3 Å². The van der Waals surface area contributed by atoms with Crippen LogP contribution in [0.25, 0.3) is 10.9 Å². The summed E-state index contributed by atoms with van der Waals surface area (Å²) in [4.78, 5) is 4.48. The van der Waals surface area contributed by atoms with Gasteiger partial charge in [0.15, 0.2) is 0 Å². The molecule has 2 aromatic rings. The monoisotopic (exact) mass is 236 g/mol. The third kappa shape index (κ3) is 1.91. The first-order valence-electron chi connectivity index (χ1n) is 5.13. The van der Waals surface area contributed by atoms with Gasteiger partial charge >= 0.3 is 0 Å². The Morgan fingerprint density at radius 2 is 2.12 bits per heavy atom. The second-order valence-electron chi connectivity index (χ2n) is 3.37. The molecule has 0 aliphatic rings. The van der Waals surface area contributed by atoms with Gasteiger partial charge in [-0.1, -0.05) is 11.6 Å². The van der Waals surface area contributed by atoms with Crippen molar-refractivity contribution in [3.8, 4) is 5.75 Å². The number of nitrogens with zero attached hydrogens (tertiary/aromatic N) is 1. The molecule has 4 heteroatoms. The maximum Gasteiger partial charge on any atom is 0.145 e. The predicted octanol–water partition coefficient (Wildman–Crippen LogP) is 3.33. The summed E-state index contributed by atoms with van der Waals surface area (Å²) in [5.41, 5.74) is 0.786. The number of fused-ring (bicyclic) bond motifs is 1. The highest BCUT2D eigenvalue weighted by atomic mass is 35.5. The van der Waals surface area contributed by atoms with Gasteiger partial charge in [-0.25, -0.2) is 4.98 Å². The number of rotatable bonds is 3. The average Bonchev–Trinajstić information content (AvgIpc) is 2.30. The molecule has 0 fully saturated rings. The van der Waals surface area contributed by atoms with E-state index in [0.717, 1.165) is 29.0 Å². The number of hydrogen-bond acceptors (Lipinski definition) is 3. The smallest absolute Gasteiger partial charge is 0.145 e. The van der Waals surface area contributed by atoms with Crippen LogP contribution < -0.4 is 10.1 Å². The zero-order valence-electron chi connectivity index (χ0n) is 9.25. The molecule has 3 nitrogen and oxygen atoms in total. The maximum absolute atomic E-state index is 6.10. The number of anilines is 1. The minimum absolute atomic E-state index is 0.686. The van der Waals surface area contributed by atoms with E-state index in [1.54, 1.807) is 7.11 Å². The largest absolute Gasteiger partial charge is 0.494 e. The van der Waals surface area contributed by atoms with E-state index in [9.17, 15) is 0 Å². The quantitative estimate of drug-likeness (QED) is 0.888. The number of halogens is 1. The van der Waals surface area contributed by atoms with Crippen LogP contribution in [-0.4, -0.2) is 18.6 Å². The van der Waals surface area contributed by atoms with Crippen molar-refractivity contribution in [2.24, 2.45) is 0 Å². The fraction of sp³-hybridized carbons (Fsp3) is 0.250. The molecule has 1 heterocycles. The van der Waals surface area contributed by atoms with Crippen LogP contribution in [0, 0.1) is 0 Å². The van der Waals surface area contributed by atoms with Crippen LogP contribution in [0.2, 0.25) is 5.02 Å². The van der Waals surface area contributed by atoms with Crippen LogP contribution in [0.1, 0.15) is 6.92 Å². The Bertz CT molecular complexity index is 514. The summed E-state index contributed by atoms with van der Waals surface area (Å²) in [6.45, 7) is 2.86. The van der Waals surface area contributed by atoms with Gasteiger partial charge in [0.1, 0.15) is 17.1 Å². The number of nitrogens with one attached hydrogen (secondary N) is 1. The third-order valence-electron chi connectivity index (χ3n) is 2.34. The predicted molar refractivity (Wildman–Crippen MR) is 67.5 cm³/mol. The first kappa shape index (κ1) is 11.0. The van der Waals surface area contributed by atoms with Gasteiger partial charge in [0.05, 0.1) is 12.1 Å². The Hall–Kier alpha value is -1.48. The minimum Gasteiger partial charge on any atom is -0.494 e. The van der Waals surface area contributed by atoms with Gasteiger partial charge in [-0.15, -0.1) is 0 Å². The molecule has 0 aliphatic carbocycles. The van der Waals surface area contributed by atoms with Gasteiger partial charge < -0.3 is 10.1 Å². The van der Waals surface area contributed by atoms with Crippen LogP contribution in [0.3, 0.4) is 0 Å². The maximum atomic E-state index is 6.10. The molecule has 0 aliphatic heterocycles. The molecule has 84 valence electrons. The highest BCUT2D eigenvalue weighted by Gasteiger charge is 2.07. The highest BCUT2D eigenvalue weighted by molar-refractivity contribution is 6.35. The molecule has 0 saturated carbocycles. The van der Waals surface area contributed by atoms with E-state index in [0.29, 0.717) is 5.02 Å². The molecule has 0 radical (unpaired) electrons. The number of aromatic nitrogens is 1. The summed E-state index contributed by atoms with van der Waals surface area (Å²) in [6.07, 6.45) is 0. The molecule has 0 atom stereocenters. The van der Waals surface area contributed by atoms with Crippen LogP contribution in [0.4, 0.5) is 5.82 Å². The molecule has 0 amide bonds. The van der Waals surface area contributed by atoms with Gasteiger partial charge in [0.25, 0.3) is 0 Å². The Balaban J connectivity index is 2.64. The normalized spacial score (nSPS) is 10.4.